The lowest BCUT2D eigenvalue weighted by atomic mass is 9.80. The minimum Gasteiger partial charge on any atom is -0.278 e. The maximum absolute atomic E-state index is 5.50. The Hall–Kier alpha value is -14.7. The summed E-state index contributed by atoms with van der Waals surface area (Å²) in [7, 11) is 0. The van der Waals surface area contributed by atoms with E-state index < -0.39 is 0 Å². The molecule has 0 aliphatic heterocycles. The highest BCUT2D eigenvalue weighted by Crippen LogP contribution is 2.57. The average Bonchev–Trinajstić information content (AvgIpc) is 1.48. The van der Waals surface area contributed by atoms with E-state index in [-0.39, 0.29) is 10.8 Å². The number of rotatable bonds is 7. The van der Waals surface area contributed by atoms with Crippen LogP contribution in [-0.2, 0) is 10.8 Å². The lowest BCUT2D eigenvalue weighted by Crippen LogP contribution is -2.14. The predicted octanol–water partition coefficient (Wildman–Crippen LogP) is 28.8. The second-order valence-electron chi connectivity index (χ2n) is 32.6. The average molecular weight is 1480 g/mol. The minimum atomic E-state index is -0.129. The molecule has 0 N–H and O–H groups in total. The van der Waals surface area contributed by atoms with Gasteiger partial charge in [0.15, 0.2) is 0 Å². The molecule has 23 aromatic rings. The van der Waals surface area contributed by atoms with E-state index in [2.05, 4.69) is 401 Å². The molecule has 0 fully saturated rings. The third-order valence-corrected chi connectivity index (χ3v) is 25.8. The molecule has 2 aliphatic rings. The van der Waals surface area contributed by atoms with Gasteiger partial charge in [-0.2, -0.15) is 0 Å². The third-order valence-electron chi connectivity index (χ3n) is 25.8. The monoisotopic (exact) mass is 1480 g/mol. The summed E-state index contributed by atoms with van der Waals surface area (Å²) < 4.78 is 4.57. The molecule has 0 radical (unpaired) electrons. The van der Waals surface area contributed by atoms with Gasteiger partial charge in [-0.15, -0.1) is 0 Å². The van der Waals surface area contributed by atoms with Crippen molar-refractivity contribution in [2.45, 2.75) is 38.5 Å². The number of hydrogen-bond donors (Lipinski definition) is 0. The lowest BCUT2D eigenvalue weighted by Gasteiger charge is -2.23. The highest BCUT2D eigenvalue weighted by atomic mass is 15.2. The van der Waals surface area contributed by atoms with Gasteiger partial charge in [0.2, 0.25) is 11.9 Å². The number of hydrogen-bond acceptors (Lipinski definition) is 4. The van der Waals surface area contributed by atoms with E-state index in [1.807, 2.05) is 0 Å². The van der Waals surface area contributed by atoms with Crippen LogP contribution in [0.2, 0.25) is 0 Å². The standard InChI is InChI=1S/C55H35N3.C55H37N3/c1-55(2)44-23-9-6-16-37(44)51-40-21-12-19-35-36-20-13-22-41-50(36)43(42(49(35)40)30-45(51)55)31-48-52(41)39-18-8-11-25-47(39)58(48)54-56-46-24-10-7-17-38(46)53(57-54)34-28-26-33(27-29-34)32-14-4-3-5-15-32;1-55(2)46-26-9-6-19-43(46)51-41-24-13-22-37(39(41)29-31-47(51)55)38-23-14-25-42-40(38)30-32-50-52(42)45-21-8-11-28-49(45)58(50)54-56-48-27-10-7-20-44(48)53(57-54)36-18-12-17-35(33-36)34-15-4-3-5-16-34/h3-31H,1-2H3;3-33H,1-2H3. The van der Waals surface area contributed by atoms with Gasteiger partial charge in [0.25, 0.3) is 0 Å². The Bertz CT molecular complexity index is 8130. The highest BCUT2D eigenvalue weighted by molar-refractivity contribution is 6.39. The second-order valence-corrected chi connectivity index (χ2v) is 32.6. The van der Waals surface area contributed by atoms with Gasteiger partial charge in [-0.05, 0) is 191 Å². The van der Waals surface area contributed by atoms with Crippen molar-refractivity contribution < 1.29 is 0 Å². The fourth-order valence-corrected chi connectivity index (χ4v) is 20.5. The molecule has 4 heterocycles. The van der Waals surface area contributed by atoms with E-state index in [0.717, 1.165) is 72.0 Å². The zero-order chi connectivity index (χ0) is 76.8. The smallest absolute Gasteiger partial charge is 0.235 e. The summed E-state index contributed by atoms with van der Waals surface area (Å²) in [6.07, 6.45) is 0. The second kappa shape index (κ2) is 24.9. The quantitative estimate of drug-likeness (QED) is 0.118. The Balaban J connectivity index is 0.000000133. The molecule has 0 amide bonds. The first kappa shape index (κ1) is 65.9. The van der Waals surface area contributed by atoms with Gasteiger partial charge < -0.3 is 0 Å². The van der Waals surface area contributed by atoms with Gasteiger partial charge in [0.05, 0.1) is 44.5 Å². The Labute approximate surface area is 669 Å². The predicted molar refractivity (Wildman–Crippen MR) is 486 cm³/mol. The summed E-state index contributed by atoms with van der Waals surface area (Å²) in [6, 6.07) is 132. The van der Waals surface area contributed by atoms with Gasteiger partial charge in [-0.1, -0.05) is 343 Å². The Kier molecular flexibility index (Phi) is 14.1. The fourth-order valence-electron chi connectivity index (χ4n) is 20.5. The minimum absolute atomic E-state index is 0.0445. The molecule has 0 atom stereocenters. The molecule has 19 aromatic carbocycles. The lowest BCUT2D eigenvalue weighted by molar-refractivity contribution is 0.661. The Morgan fingerprint density at radius 3 is 1.23 bits per heavy atom. The van der Waals surface area contributed by atoms with E-state index in [0.29, 0.717) is 11.9 Å². The van der Waals surface area contributed by atoms with E-state index in [9.17, 15) is 0 Å². The molecule has 0 spiro atoms. The molecule has 0 saturated heterocycles. The zero-order valence-corrected chi connectivity index (χ0v) is 64.3. The summed E-state index contributed by atoms with van der Waals surface area (Å²) in [5, 5.41) is 22.3. The molecule has 4 aromatic heterocycles. The third kappa shape index (κ3) is 9.53. The van der Waals surface area contributed by atoms with E-state index in [1.165, 1.54) is 159 Å². The highest BCUT2D eigenvalue weighted by Gasteiger charge is 2.39. The number of fused-ring (bicyclic) bond motifs is 22. The first-order valence-corrected chi connectivity index (χ1v) is 40.3. The largest absolute Gasteiger partial charge is 0.278 e. The van der Waals surface area contributed by atoms with Crippen molar-refractivity contribution in [3.8, 4) is 90.0 Å². The van der Waals surface area contributed by atoms with Crippen LogP contribution in [0.3, 0.4) is 0 Å². The fraction of sp³-hybridized carbons (Fsp3) is 0.0545. The van der Waals surface area contributed by atoms with Crippen molar-refractivity contribution in [2.24, 2.45) is 0 Å². The molecular weight excluding hydrogens is 1410 g/mol. The molecule has 2 aliphatic carbocycles. The number of para-hydroxylation sites is 4. The zero-order valence-electron chi connectivity index (χ0n) is 64.3. The first-order valence-electron chi connectivity index (χ1n) is 40.3. The van der Waals surface area contributed by atoms with Crippen LogP contribution in [-0.4, -0.2) is 29.1 Å². The van der Waals surface area contributed by atoms with Crippen LogP contribution >= 0.6 is 0 Å². The molecular formula is C110H72N6. The normalized spacial score (nSPS) is 13.3. The van der Waals surface area contributed by atoms with Crippen molar-refractivity contribution in [3.63, 3.8) is 0 Å². The molecule has 542 valence electrons. The molecule has 25 rings (SSSR count). The molecule has 0 unspecified atom stereocenters. The van der Waals surface area contributed by atoms with Crippen molar-refractivity contribution >= 4 is 130 Å². The molecule has 0 saturated carbocycles. The maximum atomic E-state index is 5.50. The first-order chi connectivity index (χ1) is 57.1. The van der Waals surface area contributed by atoms with Crippen LogP contribution < -0.4 is 0 Å². The molecule has 6 nitrogen and oxygen atoms in total. The number of aromatic nitrogens is 6. The van der Waals surface area contributed by atoms with Gasteiger partial charge in [0.1, 0.15) is 0 Å². The summed E-state index contributed by atoms with van der Waals surface area (Å²) in [6.45, 7) is 9.48. The van der Waals surface area contributed by atoms with Gasteiger partial charge in [-0.3, -0.25) is 9.13 Å². The molecule has 6 heteroatoms. The Morgan fingerprint density at radius 2 is 0.595 bits per heavy atom. The number of benzene rings is 19. The summed E-state index contributed by atoms with van der Waals surface area (Å²) >= 11 is 0. The molecule has 0 bridgehead atoms. The van der Waals surface area contributed by atoms with Crippen LogP contribution in [0.4, 0.5) is 0 Å². The van der Waals surface area contributed by atoms with Crippen LogP contribution in [0.15, 0.2) is 364 Å². The summed E-state index contributed by atoms with van der Waals surface area (Å²) in [5.41, 5.74) is 28.2. The van der Waals surface area contributed by atoms with Crippen LogP contribution in [0.1, 0.15) is 49.9 Å². The van der Waals surface area contributed by atoms with Crippen LogP contribution in [0.5, 0.6) is 0 Å². The van der Waals surface area contributed by atoms with Crippen LogP contribution in [0.25, 0.3) is 220 Å². The van der Waals surface area contributed by atoms with Crippen molar-refractivity contribution in [3.05, 3.63) is 386 Å². The van der Waals surface area contributed by atoms with Crippen molar-refractivity contribution in [1.82, 2.24) is 29.1 Å². The van der Waals surface area contributed by atoms with Crippen molar-refractivity contribution in [2.75, 3.05) is 0 Å². The summed E-state index contributed by atoms with van der Waals surface area (Å²) in [5.74, 6) is 1.33. The van der Waals surface area contributed by atoms with E-state index in [1.54, 1.807) is 0 Å². The summed E-state index contributed by atoms with van der Waals surface area (Å²) in [4.78, 5) is 21.6. The number of nitrogens with zero attached hydrogens (tertiary/aromatic N) is 6. The van der Waals surface area contributed by atoms with Gasteiger partial charge in [0, 0.05) is 54.3 Å². The van der Waals surface area contributed by atoms with Gasteiger partial charge >= 0.3 is 0 Å². The topological polar surface area (TPSA) is 61.4 Å². The van der Waals surface area contributed by atoms with E-state index in [4.69, 9.17) is 19.9 Å². The SMILES string of the molecule is CC1(C)c2ccccc2-c2c1cc1c3cc4c(c5cccc(c6cccc2c61)c35)c1ccccc1n4-c1nc(-c2ccc(-c3ccccc3)cc2)c2ccccc2n1.CC1(C)c2ccccc2-c2c1ccc1c(-c3cccc4c3ccc3c4c4ccccc4n3-c3nc(-c4cccc(-c5ccccc5)c4)c4ccccc4n3)cccc21. The van der Waals surface area contributed by atoms with Crippen LogP contribution in [0, 0.1) is 0 Å². The van der Waals surface area contributed by atoms with Crippen molar-refractivity contribution in [1.29, 1.82) is 0 Å². The van der Waals surface area contributed by atoms with E-state index >= 15 is 0 Å². The Morgan fingerprint density at radius 1 is 0.198 bits per heavy atom. The molecule has 116 heavy (non-hydrogen) atoms. The maximum Gasteiger partial charge on any atom is 0.235 e. The van der Waals surface area contributed by atoms with Gasteiger partial charge in [-0.25, -0.2) is 19.9 Å².